The molecule has 0 bridgehead atoms. The largest absolute Gasteiger partial charge is 0.382 e. The van der Waals surface area contributed by atoms with Crippen molar-refractivity contribution in [3.05, 3.63) is 48.7 Å². The van der Waals surface area contributed by atoms with Gasteiger partial charge in [0.05, 0.1) is 5.69 Å². The molecule has 1 fully saturated rings. The molecule has 0 atom stereocenters. The van der Waals surface area contributed by atoms with Gasteiger partial charge in [-0.1, -0.05) is 31.4 Å². The van der Waals surface area contributed by atoms with E-state index in [0.717, 1.165) is 5.69 Å². The van der Waals surface area contributed by atoms with Gasteiger partial charge in [0.2, 0.25) is 0 Å². The molecule has 1 aliphatic carbocycles. The van der Waals surface area contributed by atoms with Gasteiger partial charge in [-0.15, -0.1) is 0 Å². The molecule has 2 N–H and O–H groups in total. The molecule has 3 rings (SSSR count). The van der Waals surface area contributed by atoms with Crippen molar-refractivity contribution in [2.24, 2.45) is 0 Å². The van der Waals surface area contributed by atoms with Crippen LogP contribution < -0.4 is 10.0 Å². The van der Waals surface area contributed by atoms with Crippen molar-refractivity contribution in [2.45, 2.75) is 43.2 Å². The van der Waals surface area contributed by atoms with E-state index in [2.05, 4.69) is 15.0 Å². The average Bonchev–Trinajstić information content (AvgIpc) is 2.56. The lowest BCUT2D eigenvalue weighted by Gasteiger charge is -2.24. The molecule has 2 aromatic rings. The van der Waals surface area contributed by atoms with E-state index in [9.17, 15) is 8.42 Å². The fraction of sp³-hybridized carbons (Fsp3) is 0.353. The summed E-state index contributed by atoms with van der Waals surface area (Å²) in [4.78, 5) is 3.90. The molecule has 0 spiro atoms. The third kappa shape index (κ3) is 4.22. The highest BCUT2D eigenvalue weighted by Gasteiger charge is 2.16. The van der Waals surface area contributed by atoms with Crippen LogP contribution in [-0.2, 0) is 10.0 Å². The first kappa shape index (κ1) is 15.8. The number of benzene rings is 1. The molecule has 1 aromatic heterocycles. The Labute approximate surface area is 137 Å². The van der Waals surface area contributed by atoms with E-state index in [4.69, 9.17) is 0 Å². The van der Waals surface area contributed by atoms with Gasteiger partial charge < -0.3 is 5.32 Å². The van der Waals surface area contributed by atoms with Crippen molar-refractivity contribution in [3.63, 3.8) is 0 Å². The lowest BCUT2D eigenvalue weighted by Crippen LogP contribution is -2.22. The van der Waals surface area contributed by atoms with E-state index in [1.54, 1.807) is 18.2 Å². The minimum atomic E-state index is -3.65. The second-order valence-corrected chi connectivity index (χ2v) is 7.46. The summed E-state index contributed by atoms with van der Waals surface area (Å²) in [7, 11) is -3.65. The van der Waals surface area contributed by atoms with Gasteiger partial charge in [-0.05, 0) is 43.2 Å². The van der Waals surface area contributed by atoms with Gasteiger partial charge in [-0.25, -0.2) is 4.98 Å². The number of anilines is 2. The summed E-state index contributed by atoms with van der Waals surface area (Å²) in [6.07, 6.45) is 7.62. The Bertz CT molecular complexity index is 741. The number of hydrogen-bond acceptors (Lipinski definition) is 4. The predicted octanol–water partition coefficient (Wildman–Crippen LogP) is 3.63. The number of pyridine rings is 1. The summed E-state index contributed by atoms with van der Waals surface area (Å²) < 4.78 is 27.2. The fourth-order valence-corrected chi connectivity index (χ4v) is 3.87. The van der Waals surface area contributed by atoms with E-state index < -0.39 is 10.0 Å². The van der Waals surface area contributed by atoms with Crippen LogP contribution in [0.5, 0.6) is 0 Å². The minimum Gasteiger partial charge on any atom is -0.382 e. The SMILES string of the molecule is O=S(=O)(Nc1cccc(NC2CCCCC2)c1)c1ccccn1. The van der Waals surface area contributed by atoms with Crippen molar-refractivity contribution in [1.29, 1.82) is 0 Å². The summed E-state index contributed by atoms with van der Waals surface area (Å²) in [6.45, 7) is 0. The molecule has 1 aliphatic rings. The molecule has 5 nitrogen and oxygen atoms in total. The zero-order valence-corrected chi connectivity index (χ0v) is 13.7. The van der Waals surface area contributed by atoms with Gasteiger partial charge in [0.1, 0.15) is 0 Å². The molecule has 0 amide bonds. The molecule has 1 saturated carbocycles. The maximum absolute atomic E-state index is 12.3. The van der Waals surface area contributed by atoms with E-state index in [1.165, 1.54) is 44.4 Å². The number of aromatic nitrogens is 1. The normalized spacial score (nSPS) is 16.0. The Morgan fingerprint density at radius 1 is 0.957 bits per heavy atom. The van der Waals surface area contributed by atoms with Crippen molar-refractivity contribution in [3.8, 4) is 0 Å². The van der Waals surface area contributed by atoms with Crippen molar-refractivity contribution >= 4 is 21.4 Å². The Morgan fingerprint density at radius 3 is 2.48 bits per heavy atom. The highest BCUT2D eigenvalue weighted by molar-refractivity contribution is 7.92. The lowest BCUT2D eigenvalue weighted by molar-refractivity contribution is 0.463. The number of nitrogens with zero attached hydrogens (tertiary/aromatic N) is 1. The van der Waals surface area contributed by atoms with Gasteiger partial charge in [-0.3, -0.25) is 4.72 Å². The Balaban J connectivity index is 1.72. The first-order valence-electron chi connectivity index (χ1n) is 7.94. The maximum atomic E-state index is 12.3. The average molecular weight is 331 g/mol. The molecule has 0 radical (unpaired) electrons. The molecule has 0 saturated heterocycles. The quantitative estimate of drug-likeness (QED) is 0.878. The van der Waals surface area contributed by atoms with Crippen molar-refractivity contribution in [2.75, 3.05) is 10.0 Å². The molecular formula is C17H21N3O2S. The van der Waals surface area contributed by atoms with Crippen molar-refractivity contribution in [1.82, 2.24) is 4.98 Å². The summed E-state index contributed by atoms with van der Waals surface area (Å²) in [5.74, 6) is 0. The zero-order valence-electron chi connectivity index (χ0n) is 12.9. The van der Waals surface area contributed by atoms with Crippen LogP contribution in [0, 0.1) is 0 Å². The standard InChI is InChI=1S/C17H21N3O2S/c21-23(22,17-11-4-5-12-18-17)20-16-10-6-9-15(13-16)19-14-7-2-1-3-8-14/h4-6,9-14,19-20H,1-3,7-8H2. The third-order valence-electron chi connectivity index (χ3n) is 4.00. The summed E-state index contributed by atoms with van der Waals surface area (Å²) in [5, 5.41) is 3.52. The third-order valence-corrected chi connectivity index (χ3v) is 5.30. The first-order valence-corrected chi connectivity index (χ1v) is 9.42. The highest BCUT2D eigenvalue weighted by Crippen LogP contribution is 2.24. The van der Waals surface area contributed by atoms with E-state index in [0.29, 0.717) is 11.7 Å². The molecule has 23 heavy (non-hydrogen) atoms. The molecule has 0 unspecified atom stereocenters. The van der Waals surface area contributed by atoms with Crippen LogP contribution in [0.15, 0.2) is 53.7 Å². The zero-order chi connectivity index (χ0) is 16.1. The molecule has 122 valence electrons. The second-order valence-electron chi connectivity index (χ2n) is 5.83. The molecule has 1 aromatic carbocycles. The number of hydrogen-bond donors (Lipinski definition) is 2. The Kier molecular flexibility index (Phi) is 4.81. The Morgan fingerprint density at radius 2 is 1.74 bits per heavy atom. The maximum Gasteiger partial charge on any atom is 0.279 e. The summed E-state index contributed by atoms with van der Waals surface area (Å²) >= 11 is 0. The molecule has 1 heterocycles. The number of nitrogens with one attached hydrogen (secondary N) is 2. The van der Waals surface area contributed by atoms with Crippen LogP contribution >= 0.6 is 0 Å². The van der Waals surface area contributed by atoms with E-state index >= 15 is 0 Å². The van der Waals surface area contributed by atoms with Gasteiger partial charge >= 0.3 is 0 Å². The highest BCUT2D eigenvalue weighted by atomic mass is 32.2. The number of rotatable bonds is 5. The van der Waals surface area contributed by atoms with Gasteiger partial charge in [-0.2, -0.15) is 8.42 Å². The van der Waals surface area contributed by atoms with Gasteiger partial charge in [0.15, 0.2) is 5.03 Å². The summed E-state index contributed by atoms with van der Waals surface area (Å²) in [6, 6.07) is 12.7. The first-order chi connectivity index (χ1) is 11.1. The van der Waals surface area contributed by atoms with Crippen LogP contribution in [0.4, 0.5) is 11.4 Å². The molecule has 6 heteroatoms. The smallest absolute Gasteiger partial charge is 0.279 e. The predicted molar refractivity (Wildman–Crippen MR) is 92.0 cm³/mol. The second kappa shape index (κ2) is 7.00. The lowest BCUT2D eigenvalue weighted by atomic mass is 9.95. The fourth-order valence-electron chi connectivity index (χ4n) is 2.87. The molecule has 0 aliphatic heterocycles. The topological polar surface area (TPSA) is 71.1 Å². The number of sulfonamides is 1. The van der Waals surface area contributed by atoms with Gasteiger partial charge in [0.25, 0.3) is 10.0 Å². The van der Waals surface area contributed by atoms with Gasteiger partial charge in [0, 0.05) is 17.9 Å². The van der Waals surface area contributed by atoms with Crippen LogP contribution in [0.3, 0.4) is 0 Å². The molecular weight excluding hydrogens is 310 g/mol. The minimum absolute atomic E-state index is 0.0191. The van der Waals surface area contributed by atoms with E-state index in [1.807, 2.05) is 18.2 Å². The Hall–Kier alpha value is -2.08. The van der Waals surface area contributed by atoms with Crippen LogP contribution in [0.1, 0.15) is 32.1 Å². The monoisotopic (exact) mass is 331 g/mol. The van der Waals surface area contributed by atoms with Crippen molar-refractivity contribution < 1.29 is 8.42 Å². The van der Waals surface area contributed by atoms with E-state index in [-0.39, 0.29) is 5.03 Å². The van der Waals surface area contributed by atoms with Crippen LogP contribution in [0.25, 0.3) is 0 Å². The van der Waals surface area contributed by atoms with Crippen LogP contribution in [0.2, 0.25) is 0 Å². The summed E-state index contributed by atoms with van der Waals surface area (Å²) in [5.41, 5.74) is 1.48. The van der Waals surface area contributed by atoms with Crippen LogP contribution in [-0.4, -0.2) is 19.4 Å².